The molecule has 106 valence electrons. The zero-order valence-electron chi connectivity index (χ0n) is 10.6. The molecule has 2 aromatic rings. The number of nitrogens with zero attached hydrogens (tertiary/aromatic N) is 1. The van der Waals surface area contributed by atoms with Gasteiger partial charge < -0.3 is 5.32 Å². The summed E-state index contributed by atoms with van der Waals surface area (Å²) in [6.07, 6.45) is -1.26. The minimum absolute atomic E-state index is 0.179. The molecule has 0 unspecified atom stereocenters. The van der Waals surface area contributed by atoms with Gasteiger partial charge in [0.05, 0.1) is 11.3 Å². The van der Waals surface area contributed by atoms with Gasteiger partial charge in [-0.1, -0.05) is 6.07 Å². The minimum atomic E-state index is -4.49. The molecule has 0 aliphatic rings. The van der Waals surface area contributed by atoms with E-state index in [1.807, 2.05) is 13.0 Å². The average Bonchev–Trinajstić information content (AvgIpc) is 2.36. The number of pyridine rings is 1. The van der Waals surface area contributed by atoms with Gasteiger partial charge in [-0.15, -0.1) is 0 Å². The maximum Gasteiger partial charge on any atom is 0.416 e. The van der Waals surface area contributed by atoms with Crippen LogP contribution in [0.2, 0.25) is 0 Å². The molecule has 20 heavy (non-hydrogen) atoms. The van der Waals surface area contributed by atoms with Crippen LogP contribution in [0.25, 0.3) is 0 Å². The molecule has 6 heteroatoms. The van der Waals surface area contributed by atoms with Crippen molar-refractivity contribution in [2.45, 2.75) is 19.6 Å². The number of aromatic nitrogens is 1. The first kappa shape index (κ1) is 14.3. The maximum atomic E-state index is 13.5. The summed E-state index contributed by atoms with van der Waals surface area (Å²) in [5, 5.41) is 2.65. The van der Waals surface area contributed by atoms with Gasteiger partial charge in [0, 0.05) is 18.9 Å². The Balaban J connectivity index is 2.17. The van der Waals surface area contributed by atoms with Crippen molar-refractivity contribution in [3.05, 3.63) is 59.2 Å². The van der Waals surface area contributed by atoms with Gasteiger partial charge in [0.1, 0.15) is 5.82 Å². The molecular formula is C14H12F4N2. The summed E-state index contributed by atoms with van der Waals surface area (Å²) in [5.74, 6) is -0.724. The van der Waals surface area contributed by atoms with Gasteiger partial charge in [-0.2, -0.15) is 13.2 Å². The number of alkyl halides is 3. The van der Waals surface area contributed by atoms with Gasteiger partial charge >= 0.3 is 6.18 Å². The van der Waals surface area contributed by atoms with E-state index < -0.39 is 17.6 Å². The number of hydrogen-bond donors (Lipinski definition) is 1. The highest BCUT2D eigenvalue weighted by Gasteiger charge is 2.31. The summed E-state index contributed by atoms with van der Waals surface area (Å²) in [6.45, 7) is 2.05. The SMILES string of the molecule is Cc1cncc(CNc2cc(C(F)(F)F)ccc2F)c1. The zero-order valence-corrected chi connectivity index (χ0v) is 10.6. The smallest absolute Gasteiger partial charge is 0.379 e. The fraction of sp³-hybridized carbons (Fsp3) is 0.214. The monoisotopic (exact) mass is 284 g/mol. The third kappa shape index (κ3) is 3.46. The zero-order chi connectivity index (χ0) is 14.8. The van der Waals surface area contributed by atoms with E-state index in [1.54, 1.807) is 12.4 Å². The Morgan fingerprint density at radius 3 is 2.55 bits per heavy atom. The fourth-order valence-corrected chi connectivity index (χ4v) is 1.75. The van der Waals surface area contributed by atoms with E-state index in [-0.39, 0.29) is 12.2 Å². The molecule has 0 saturated heterocycles. The largest absolute Gasteiger partial charge is 0.416 e. The summed E-state index contributed by atoms with van der Waals surface area (Å²) in [4.78, 5) is 3.96. The van der Waals surface area contributed by atoms with Gasteiger partial charge in [-0.3, -0.25) is 4.98 Å². The molecule has 1 aromatic heterocycles. The van der Waals surface area contributed by atoms with Crippen LogP contribution in [0.4, 0.5) is 23.2 Å². The lowest BCUT2D eigenvalue weighted by atomic mass is 10.1. The molecule has 2 nitrogen and oxygen atoms in total. The lowest BCUT2D eigenvalue weighted by Crippen LogP contribution is -2.08. The summed E-state index contributed by atoms with van der Waals surface area (Å²) in [7, 11) is 0. The van der Waals surface area contributed by atoms with Gasteiger partial charge in [0.15, 0.2) is 0 Å². The van der Waals surface area contributed by atoms with Crippen LogP contribution in [0.15, 0.2) is 36.7 Å². The van der Waals surface area contributed by atoms with Crippen molar-refractivity contribution >= 4 is 5.69 Å². The summed E-state index contributed by atoms with van der Waals surface area (Å²) in [5.41, 5.74) is 0.626. The first-order valence-corrected chi connectivity index (χ1v) is 5.87. The highest BCUT2D eigenvalue weighted by molar-refractivity contribution is 5.48. The van der Waals surface area contributed by atoms with Gasteiger partial charge in [-0.05, 0) is 36.2 Å². The number of nitrogens with one attached hydrogen (secondary N) is 1. The second-order valence-corrected chi connectivity index (χ2v) is 4.42. The number of anilines is 1. The fourth-order valence-electron chi connectivity index (χ4n) is 1.75. The molecule has 0 radical (unpaired) electrons. The number of aryl methyl sites for hydroxylation is 1. The quantitative estimate of drug-likeness (QED) is 0.856. The molecule has 0 aliphatic heterocycles. The minimum Gasteiger partial charge on any atom is -0.379 e. The summed E-state index contributed by atoms with van der Waals surface area (Å²) >= 11 is 0. The Morgan fingerprint density at radius 1 is 1.15 bits per heavy atom. The van der Waals surface area contributed by atoms with E-state index in [4.69, 9.17) is 0 Å². The van der Waals surface area contributed by atoms with Crippen molar-refractivity contribution in [3.8, 4) is 0 Å². The van der Waals surface area contributed by atoms with Crippen molar-refractivity contribution in [2.24, 2.45) is 0 Å². The van der Waals surface area contributed by atoms with Crippen molar-refractivity contribution < 1.29 is 17.6 Å². The van der Waals surface area contributed by atoms with Gasteiger partial charge in [0.25, 0.3) is 0 Å². The third-order valence-corrected chi connectivity index (χ3v) is 2.71. The van der Waals surface area contributed by atoms with Crippen LogP contribution in [0.3, 0.4) is 0 Å². The lowest BCUT2D eigenvalue weighted by Gasteiger charge is -2.11. The molecule has 1 N–H and O–H groups in total. The molecule has 2 rings (SSSR count). The predicted octanol–water partition coefficient (Wildman–Crippen LogP) is 4.16. The van der Waals surface area contributed by atoms with Crippen LogP contribution >= 0.6 is 0 Å². The third-order valence-electron chi connectivity index (χ3n) is 2.71. The van der Waals surface area contributed by atoms with Crippen LogP contribution in [-0.4, -0.2) is 4.98 Å². The first-order valence-electron chi connectivity index (χ1n) is 5.87. The highest BCUT2D eigenvalue weighted by Crippen LogP contribution is 2.31. The molecule has 1 heterocycles. The Bertz CT molecular complexity index is 608. The molecule has 0 amide bonds. The second kappa shape index (κ2) is 5.48. The molecular weight excluding hydrogens is 272 g/mol. The van der Waals surface area contributed by atoms with E-state index in [9.17, 15) is 17.6 Å². The van der Waals surface area contributed by atoms with Crippen LogP contribution in [0.1, 0.15) is 16.7 Å². The van der Waals surface area contributed by atoms with E-state index >= 15 is 0 Å². The standard InChI is InChI=1S/C14H12F4N2/c1-9-4-10(7-19-6-9)8-20-13-5-11(14(16,17)18)2-3-12(13)15/h2-7,20H,8H2,1H3. The molecule has 0 aliphatic carbocycles. The molecule has 0 saturated carbocycles. The van der Waals surface area contributed by atoms with E-state index in [1.165, 1.54) is 0 Å². The Morgan fingerprint density at radius 2 is 1.90 bits per heavy atom. The Labute approximate surface area is 113 Å². The number of benzene rings is 1. The van der Waals surface area contributed by atoms with E-state index in [0.29, 0.717) is 6.07 Å². The molecule has 1 aromatic carbocycles. The topological polar surface area (TPSA) is 24.9 Å². The van der Waals surface area contributed by atoms with E-state index in [0.717, 1.165) is 23.3 Å². The van der Waals surface area contributed by atoms with Gasteiger partial charge in [0.2, 0.25) is 0 Å². The Hall–Kier alpha value is -2.11. The van der Waals surface area contributed by atoms with E-state index in [2.05, 4.69) is 10.3 Å². The Kier molecular flexibility index (Phi) is 3.92. The molecule has 0 fully saturated rings. The number of hydrogen-bond acceptors (Lipinski definition) is 2. The number of halogens is 4. The van der Waals surface area contributed by atoms with Crippen LogP contribution in [-0.2, 0) is 12.7 Å². The normalized spacial score (nSPS) is 11.4. The van der Waals surface area contributed by atoms with Crippen LogP contribution in [0.5, 0.6) is 0 Å². The van der Waals surface area contributed by atoms with Gasteiger partial charge in [-0.25, -0.2) is 4.39 Å². The average molecular weight is 284 g/mol. The van der Waals surface area contributed by atoms with Crippen LogP contribution < -0.4 is 5.32 Å². The predicted molar refractivity (Wildman–Crippen MR) is 67.7 cm³/mol. The summed E-state index contributed by atoms with van der Waals surface area (Å²) < 4.78 is 51.2. The van der Waals surface area contributed by atoms with Crippen molar-refractivity contribution in [1.29, 1.82) is 0 Å². The molecule has 0 bridgehead atoms. The van der Waals surface area contributed by atoms with Crippen molar-refractivity contribution in [2.75, 3.05) is 5.32 Å². The first-order chi connectivity index (χ1) is 9.36. The van der Waals surface area contributed by atoms with Crippen molar-refractivity contribution in [3.63, 3.8) is 0 Å². The number of rotatable bonds is 3. The van der Waals surface area contributed by atoms with Crippen LogP contribution in [0, 0.1) is 12.7 Å². The highest BCUT2D eigenvalue weighted by atomic mass is 19.4. The lowest BCUT2D eigenvalue weighted by molar-refractivity contribution is -0.137. The maximum absolute atomic E-state index is 13.5. The molecule has 0 atom stereocenters. The van der Waals surface area contributed by atoms with Crippen molar-refractivity contribution in [1.82, 2.24) is 4.98 Å². The summed E-state index contributed by atoms with van der Waals surface area (Å²) in [6, 6.07) is 4.11. The second-order valence-electron chi connectivity index (χ2n) is 4.42. The molecule has 0 spiro atoms.